The van der Waals surface area contributed by atoms with Crippen LogP contribution in [-0.4, -0.2) is 197 Å². The molecule has 3 saturated heterocycles. The standard InChI is InChI=1S/C76H94ClF3N10O11S4/c1-51(53-18-20-55(21-19-53)70-52(2)81-50-103-70)82-73(95)66-44-61(91)48-90(66)74(96)71(75(3,4)5)84-68(92)16-12-7-6-8-13-17-69(93)89-35-33-64(54-22-26-58(77)27-23-54)57(47-89)46-87-36-38-88(39-37-87)60-28-24-56(25-29-60)72(94)85-105(99,100)63-30-31-65(67(45-63)104(97,98)76(78,79)80)83-59(32-34-86-40-42-101-43-41-86)49-102-62-14-10-9-11-15-62/h9-11,14-15,18-31,45,50-51,59,61,66,71,83,91H,6-8,12-13,16-17,32-44,46-49H2,1-5H3,(H,82,95)(H,84,92)(H,85,94)/t51-,59+,61+,66-,71+/m0/s1. The summed E-state index contributed by atoms with van der Waals surface area (Å²) in [5, 5.41) is 20.4. The van der Waals surface area contributed by atoms with E-state index in [9.17, 15) is 59.1 Å². The van der Waals surface area contributed by atoms with Crippen LogP contribution in [0.1, 0.15) is 125 Å². The van der Waals surface area contributed by atoms with Crippen LogP contribution in [0.15, 0.2) is 147 Å². The molecule has 5 amide bonds. The summed E-state index contributed by atoms with van der Waals surface area (Å²) in [6.45, 7) is 16.4. The lowest BCUT2D eigenvalue weighted by Gasteiger charge is -2.39. The molecule has 1 aromatic heterocycles. The van der Waals surface area contributed by atoms with Gasteiger partial charge in [-0.1, -0.05) is 106 Å². The van der Waals surface area contributed by atoms with Crippen molar-refractivity contribution in [1.29, 1.82) is 0 Å². The Morgan fingerprint density at radius 3 is 2.10 bits per heavy atom. The van der Waals surface area contributed by atoms with Crippen LogP contribution >= 0.6 is 34.7 Å². The number of β-amino-alcohol motifs (C(OH)–C–C–N with tert-alkyl or cyclic N) is 1. The monoisotopic (exact) mass is 1540 g/mol. The minimum atomic E-state index is -6.12. The van der Waals surface area contributed by atoms with E-state index in [0.717, 1.165) is 74.8 Å². The van der Waals surface area contributed by atoms with Crippen LogP contribution in [0.2, 0.25) is 5.02 Å². The van der Waals surface area contributed by atoms with Crippen molar-refractivity contribution < 1.29 is 63.8 Å². The highest BCUT2D eigenvalue weighted by Crippen LogP contribution is 2.38. The summed E-state index contributed by atoms with van der Waals surface area (Å²) in [6.07, 6.45) is 4.40. The number of thiazole rings is 1. The third kappa shape index (κ3) is 21.5. The normalized spacial score (nSPS) is 18.2. The van der Waals surface area contributed by atoms with E-state index in [1.807, 2.05) is 123 Å². The number of halogens is 4. The van der Waals surface area contributed by atoms with Crippen molar-refractivity contribution in [3.05, 3.63) is 160 Å². The quantitative estimate of drug-likeness (QED) is 0.0207. The molecule has 0 saturated carbocycles. The molecule has 5 N–H and O–H groups in total. The first-order valence-corrected chi connectivity index (χ1v) is 40.9. The molecular weight excluding hydrogens is 1450 g/mol. The number of benzene rings is 5. The van der Waals surface area contributed by atoms with Gasteiger partial charge in [0.2, 0.25) is 23.6 Å². The number of alkyl halides is 3. The zero-order valence-corrected chi connectivity index (χ0v) is 63.9. The maximum Gasteiger partial charge on any atom is 0.501 e. The number of nitrogens with one attached hydrogen (secondary N) is 4. The van der Waals surface area contributed by atoms with Gasteiger partial charge in [-0.2, -0.15) is 13.2 Å². The minimum absolute atomic E-state index is 0.0303. The number of carbonyl (C=O) groups excluding carboxylic acids is 5. The smallest absolute Gasteiger partial charge is 0.391 e. The van der Waals surface area contributed by atoms with E-state index in [4.69, 9.17) is 16.3 Å². The Labute approximate surface area is 627 Å². The Morgan fingerprint density at radius 1 is 0.781 bits per heavy atom. The number of sulfonamides is 1. The van der Waals surface area contributed by atoms with Gasteiger partial charge >= 0.3 is 5.51 Å². The van der Waals surface area contributed by atoms with Crippen LogP contribution in [0.4, 0.5) is 24.5 Å². The van der Waals surface area contributed by atoms with Crippen LogP contribution in [-0.2, 0) is 43.8 Å². The first-order chi connectivity index (χ1) is 50.0. The summed E-state index contributed by atoms with van der Waals surface area (Å²) in [4.78, 5) is 83.2. The van der Waals surface area contributed by atoms with Crippen LogP contribution < -0.4 is 25.6 Å². The fourth-order valence-corrected chi connectivity index (χ4v) is 17.6. The van der Waals surface area contributed by atoms with Crippen molar-refractivity contribution in [2.45, 2.75) is 149 Å². The number of anilines is 2. The number of aromatic nitrogens is 1. The number of morpholine rings is 1. The molecule has 0 radical (unpaired) electrons. The van der Waals surface area contributed by atoms with Crippen molar-refractivity contribution in [2.24, 2.45) is 5.41 Å². The number of hydrogen-bond donors (Lipinski definition) is 5. The van der Waals surface area contributed by atoms with Crippen molar-refractivity contribution in [2.75, 3.05) is 101 Å². The highest BCUT2D eigenvalue weighted by atomic mass is 35.5. The molecule has 6 aromatic rings. The van der Waals surface area contributed by atoms with Gasteiger partial charge in [-0.3, -0.25) is 33.8 Å². The molecule has 4 aliphatic heterocycles. The lowest BCUT2D eigenvalue weighted by Crippen LogP contribution is -2.57. The molecule has 0 bridgehead atoms. The number of sulfone groups is 1. The van der Waals surface area contributed by atoms with Gasteiger partial charge in [0.15, 0.2) is 0 Å². The summed E-state index contributed by atoms with van der Waals surface area (Å²) in [5.74, 6) is -1.76. The zero-order valence-electron chi connectivity index (χ0n) is 59.8. The molecule has 5 atom stereocenters. The second kappa shape index (κ2) is 36.0. The van der Waals surface area contributed by atoms with Crippen molar-refractivity contribution in [3.63, 3.8) is 0 Å². The maximum absolute atomic E-state index is 14.4. The Bertz CT molecular complexity index is 4250. The largest absolute Gasteiger partial charge is 0.501 e. The van der Waals surface area contributed by atoms with Gasteiger partial charge in [0.25, 0.3) is 25.8 Å². The lowest BCUT2D eigenvalue weighted by molar-refractivity contribution is -0.144. The van der Waals surface area contributed by atoms with E-state index in [1.165, 1.54) is 34.4 Å². The number of amides is 5. The third-order valence-electron chi connectivity index (χ3n) is 19.7. The second-order valence-corrected chi connectivity index (χ2v) is 34.3. The predicted octanol–water partition coefficient (Wildman–Crippen LogP) is 11.4. The van der Waals surface area contributed by atoms with Gasteiger partial charge in [0.1, 0.15) is 17.0 Å². The van der Waals surface area contributed by atoms with Crippen molar-refractivity contribution >= 4 is 101 Å². The Hall–Kier alpha value is -7.41. The first kappa shape index (κ1) is 80.1. The third-order valence-corrected chi connectivity index (χ3v) is 24.9. The maximum atomic E-state index is 14.4. The molecule has 566 valence electrons. The van der Waals surface area contributed by atoms with Crippen molar-refractivity contribution in [1.82, 2.24) is 39.9 Å². The van der Waals surface area contributed by atoms with Gasteiger partial charge in [-0.05, 0) is 140 Å². The van der Waals surface area contributed by atoms with Gasteiger partial charge < -0.3 is 40.5 Å². The number of aliphatic hydroxyl groups is 1. The van der Waals surface area contributed by atoms with E-state index in [2.05, 4.69) is 35.6 Å². The number of hydrogen-bond acceptors (Lipinski definition) is 18. The summed E-state index contributed by atoms with van der Waals surface area (Å²) in [7, 11) is -11.0. The van der Waals surface area contributed by atoms with Gasteiger partial charge in [0, 0.05) is 124 Å². The van der Waals surface area contributed by atoms with E-state index >= 15 is 0 Å². The predicted molar refractivity (Wildman–Crippen MR) is 404 cm³/mol. The molecule has 29 heteroatoms. The fraction of sp³-hybridized carbons (Fsp3) is 0.474. The molecule has 4 aliphatic rings. The second-order valence-electron chi connectivity index (χ2n) is 28.4. The number of ether oxygens (including phenoxy) is 1. The molecular formula is C76H94ClF3N10O11S4. The minimum Gasteiger partial charge on any atom is -0.391 e. The first-order valence-electron chi connectivity index (χ1n) is 35.7. The van der Waals surface area contributed by atoms with E-state index in [0.29, 0.717) is 128 Å². The highest BCUT2D eigenvalue weighted by Gasteiger charge is 2.49. The summed E-state index contributed by atoms with van der Waals surface area (Å²) >= 11 is 9.32. The Balaban J connectivity index is 0.679. The molecule has 0 aliphatic carbocycles. The number of rotatable bonds is 30. The molecule has 5 aromatic carbocycles. The number of carbonyl (C=O) groups is 5. The summed E-state index contributed by atoms with van der Waals surface area (Å²) in [5.41, 5.74) is 1.77. The Kier molecular flexibility index (Phi) is 27.5. The number of thioether (sulfide) groups is 1. The molecule has 21 nitrogen and oxygen atoms in total. The van der Waals surface area contributed by atoms with Crippen LogP contribution in [0.5, 0.6) is 0 Å². The fourth-order valence-electron chi connectivity index (χ4n) is 13.6. The molecule has 3 fully saturated rings. The topological polar surface area (TPSA) is 260 Å². The zero-order chi connectivity index (χ0) is 75.2. The molecule has 5 heterocycles. The lowest BCUT2D eigenvalue weighted by atomic mass is 9.85. The average molecular weight is 1540 g/mol. The summed E-state index contributed by atoms with van der Waals surface area (Å²) in [6, 6.07) is 30.7. The number of likely N-dealkylation sites (tertiary alicyclic amines) is 1. The van der Waals surface area contributed by atoms with Gasteiger partial charge in [-0.15, -0.1) is 23.1 Å². The van der Waals surface area contributed by atoms with Crippen LogP contribution in [0, 0.1) is 12.3 Å². The highest BCUT2D eigenvalue weighted by molar-refractivity contribution is 7.99. The van der Waals surface area contributed by atoms with E-state index in [-0.39, 0.29) is 48.7 Å². The molecule has 10 rings (SSSR count). The van der Waals surface area contributed by atoms with Gasteiger partial charge in [0.05, 0.1) is 52.0 Å². The Morgan fingerprint density at radius 2 is 1.45 bits per heavy atom. The summed E-state index contributed by atoms with van der Waals surface area (Å²) < 4.78 is 105. The molecule has 0 unspecified atom stereocenters. The van der Waals surface area contributed by atoms with Crippen LogP contribution in [0.3, 0.4) is 0 Å². The molecule has 0 spiro atoms. The van der Waals surface area contributed by atoms with Crippen molar-refractivity contribution in [3.8, 4) is 10.4 Å². The van der Waals surface area contributed by atoms with E-state index < -0.39 is 82.3 Å². The number of unbranched alkanes of at least 4 members (excludes halogenated alkanes) is 4. The number of piperazine rings is 1. The molecule has 105 heavy (non-hydrogen) atoms. The van der Waals surface area contributed by atoms with E-state index in [1.54, 1.807) is 29.0 Å². The average Bonchev–Trinajstić information content (AvgIpc) is 1.22. The van der Waals surface area contributed by atoms with Gasteiger partial charge in [-0.25, -0.2) is 26.5 Å². The van der Waals surface area contributed by atoms with Crippen LogP contribution in [0.25, 0.3) is 16.0 Å². The SMILES string of the molecule is Cc1ncsc1-c1ccc([C@H](C)NC(=O)[C@@H]2C[C@@H](O)CN2C(=O)[C@@H](NC(=O)CCCCCCCC(=O)N2CCC(c3ccc(Cl)cc3)=C(CN3CCN(c4ccc(C(=O)NS(=O)(=O)c5ccc(N[C@H](CCN6CCOCC6)CSc6ccccc6)c(S(=O)(=O)C(F)(F)F)c5)cc4)CC3)C2)C(C)(C)C)cc1. The number of aliphatic hydroxyl groups excluding tert-OH is 1. The number of nitrogens with zero attached hydrogens (tertiary/aromatic N) is 6. The number of aryl methyl sites for hydroxylation is 1.